The maximum atomic E-state index is 9.76. The summed E-state index contributed by atoms with van der Waals surface area (Å²) in [5.41, 5.74) is 0. The summed E-state index contributed by atoms with van der Waals surface area (Å²) in [5, 5.41) is 21.1. The standard InChI is InChI=1S/C10H19N3OS3/c1-7(2)4-11-5-8(14)6-16-10-13-12-9(15-3)17-10/h7-8,11,14H,4-6H2,1-3H3. The van der Waals surface area contributed by atoms with Gasteiger partial charge in [0.05, 0.1) is 6.10 Å². The Labute approximate surface area is 115 Å². The number of aromatic nitrogens is 2. The van der Waals surface area contributed by atoms with Gasteiger partial charge in [0, 0.05) is 12.3 Å². The SMILES string of the molecule is CSc1nnc(SCC(O)CNCC(C)C)s1. The maximum Gasteiger partial charge on any atom is 0.175 e. The van der Waals surface area contributed by atoms with Crippen molar-refractivity contribution in [2.24, 2.45) is 5.92 Å². The Balaban J connectivity index is 2.16. The molecular formula is C10H19N3OS3. The van der Waals surface area contributed by atoms with Crippen LogP contribution in [-0.4, -0.2) is 46.5 Å². The average molecular weight is 293 g/mol. The van der Waals surface area contributed by atoms with E-state index in [1.165, 1.54) is 0 Å². The lowest BCUT2D eigenvalue weighted by atomic mass is 10.2. The van der Waals surface area contributed by atoms with Crippen LogP contribution in [0.2, 0.25) is 0 Å². The highest BCUT2D eigenvalue weighted by Crippen LogP contribution is 2.27. The van der Waals surface area contributed by atoms with Crippen LogP contribution in [0.5, 0.6) is 0 Å². The molecule has 0 aliphatic rings. The molecule has 1 aromatic rings. The Morgan fingerprint density at radius 2 is 2.00 bits per heavy atom. The van der Waals surface area contributed by atoms with Gasteiger partial charge in [0.2, 0.25) is 0 Å². The summed E-state index contributed by atoms with van der Waals surface area (Å²) in [4.78, 5) is 0. The van der Waals surface area contributed by atoms with Gasteiger partial charge in [-0.3, -0.25) is 0 Å². The first-order chi connectivity index (χ1) is 8.11. The number of hydrogen-bond acceptors (Lipinski definition) is 7. The predicted octanol–water partition coefficient (Wildman–Crippen LogP) is 1.96. The van der Waals surface area contributed by atoms with Crippen LogP contribution in [0.15, 0.2) is 8.68 Å². The van der Waals surface area contributed by atoms with E-state index in [-0.39, 0.29) is 6.10 Å². The molecule has 0 aliphatic carbocycles. The van der Waals surface area contributed by atoms with Gasteiger partial charge in [-0.25, -0.2) is 0 Å². The van der Waals surface area contributed by atoms with E-state index < -0.39 is 0 Å². The molecule has 0 fully saturated rings. The lowest BCUT2D eigenvalue weighted by Gasteiger charge is -2.11. The number of hydrogen-bond donors (Lipinski definition) is 2. The molecule has 0 aliphatic heterocycles. The summed E-state index contributed by atoms with van der Waals surface area (Å²) >= 11 is 4.74. The molecule has 0 amide bonds. The molecule has 1 rings (SSSR count). The van der Waals surface area contributed by atoms with Crippen LogP contribution in [-0.2, 0) is 0 Å². The van der Waals surface area contributed by atoms with Crippen molar-refractivity contribution in [2.75, 3.05) is 25.1 Å². The molecule has 4 nitrogen and oxygen atoms in total. The molecule has 0 saturated carbocycles. The normalized spacial score (nSPS) is 13.2. The molecule has 2 N–H and O–H groups in total. The number of nitrogens with zero attached hydrogens (tertiary/aromatic N) is 2. The molecule has 1 heterocycles. The molecule has 1 aromatic heterocycles. The summed E-state index contributed by atoms with van der Waals surface area (Å²) in [6, 6.07) is 0. The molecule has 1 unspecified atom stereocenters. The van der Waals surface area contributed by atoms with Gasteiger partial charge in [0.15, 0.2) is 8.68 Å². The van der Waals surface area contributed by atoms with Gasteiger partial charge in [0.25, 0.3) is 0 Å². The Hall–Kier alpha value is 0.180. The Morgan fingerprint density at radius 1 is 1.29 bits per heavy atom. The summed E-state index contributed by atoms with van der Waals surface area (Å²) < 4.78 is 1.90. The quantitative estimate of drug-likeness (QED) is 0.715. The Kier molecular flexibility index (Phi) is 7.45. The minimum Gasteiger partial charge on any atom is -0.391 e. The fraction of sp³-hybridized carbons (Fsp3) is 0.800. The van der Waals surface area contributed by atoms with E-state index in [9.17, 15) is 5.11 Å². The fourth-order valence-corrected chi connectivity index (χ4v) is 3.49. The van der Waals surface area contributed by atoms with E-state index in [1.807, 2.05) is 6.26 Å². The zero-order valence-corrected chi connectivity index (χ0v) is 12.8. The number of nitrogens with one attached hydrogen (secondary N) is 1. The lowest BCUT2D eigenvalue weighted by molar-refractivity contribution is 0.194. The van der Waals surface area contributed by atoms with Crippen LogP contribution >= 0.6 is 34.9 Å². The van der Waals surface area contributed by atoms with Gasteiger partial charge in [-0.1, -0.05) is 48.7 Å². The first-order valence-electron chi connectivity index (χ1n) is 5.51. The molecule has 0 aromatic carbocycles. The average Bonchev–Trinajstić information content (AvgIpc) is 2.73. The molecule has 0 saturated heterocycles. The highest BCUT2D eigenvalue weighted by atomic mass is 32.2. The largest absolute Gasteiger partial charge is 0.391 e. The zero-order chi connectivity index (χ0) is 12.7. The smallest absolute Gasteiger partial charge is 0.175 e. The van der Waals surface area contributed by atoms with Crippen LogP contribution < -0.4 is 5.32 Å². The Bertz CT molecular complexity index is 319. The van der Waals surface area contributed by atoms with Gasteiger partial charge < -0.3 is 10.4 Å². The zero-order valence-electron chi connectivity index (χ0n) is 10.3. The van der Waals surface area contributed by atoms with Crippen molar-refractivity contribution in [3.05, 3.63) is 0 Å². The van der Waals surface area contributed by atoms with E-state index >= 15 is 0 Å². The van der Waals surface area contributed by atoms with Crippen LogP contribution in [0.1, 0.15) is 13.8 Å². The van der Waals surface area contributed by atoms with Crippen LogP contribution in [0, 0.1) is 5.92 Å². The topological polar surface area (TPSA) is 58.0 Å². The van der Waals surface area contributed by atoms with Crippen LogP contribution in [0.4, 0.5) is 0 Å². The summed E-state index contributed by atoms with van der Waals surface area (Å²) in [6.45, 7) is 5.88. The van der Waals surface area contributed by atoms with Crippen LogP contribution in [0.25, 0.3) is 0 Å². The molecular weight excluding hydrogens is 274 g/mol. The van der Waals surface area contributed by atoms with Crippen molar-refractivity contribution in [1.82, 2.24) is 15.5 Å². The van der Waals surface area contributed by atoms with Gasteiger partial charge in [-0.05, 0) is 18.7 Å². The lowest BCUT2D eigenvalue weighted by Crippen LogP contribution is -2.30. The van der Waals surface area contributed by atoms with Gasteiger partial charge >= 0.3 is 0 Å². The predicted molar refractivity (Wildman–Crippen MR) is 76.1 cm³/mol. The van der Waals surface area contributed by atoms with Crippen molar-refractivity contribution >= 4 is 34.9 Å². The van der Waals surface area contributed by atoms with Crippen molar-refractivity contribution in [3.8, 4) is 0 Å². The third kappa shape index (κ3) is 6.61. The van der Waals surface area contributed by atoms with E-state index in [0.29, 0.717) is 18.2 Å². The third-order valence-corrected chi connectivity index (χ3v) is 5.07. The Morgan fingerprint density at radius 3 is 2.59 bits per heavy atom. The van der Waals surface area contributed by atoms with E-state index in [2.05, 4.69) is 29.4 Å². The van der Waals surface area contributed by atoms with Gasteiger partial charge in [0.1, 0.15) is 0 Å². The molecule has 0 radical (unpaired) electrons. The molecule has 98 valence electrons. The number of thioether (sulfide) groups is 2. The van der Waals surface area contributed by atoms with Crippen molar-refractivity contribution in [2.45, 2.75) is 28.6 Å². The minimum atomic E-state index is -0.333. The summed E-state index contributed by atoms with van der Waals surface area (Å²) in [7, 11) is 0. The number of aliphatic hydroxyl groups is 1. The van der Waals surface area contributed by atoms with Crippen molar-refractivity contribution in [3.63, 3.8) is 0 Å². The molecule has 1 atom stereocenters. The van der Waals surface area contributed by atoms with Gasteiger partial charge in [-0.2, -0.15) is 0 Å². The second-order valence-corrected chi connectivity index (χ2v) is 7.35. The molecule has 0 spiro atoms. The fourth-order valence-electron chi connectivity index (χ4n) is 1.10. The first kappa shape index (κ1) is 15.2. The molecule has 17 heavy (non-hydrogen) atoms. The third-order valence-electron chi connectivity index (χ3n) is 1.89. The van der Waals surface area contributed by atoms with E-state index in [1.54, 1.807) is 34.9 Å². The summed E-state index contributed by atoms with van der Waals surface area (Å²) in [5.74, 6) is 1.27. The number of aliphatic hydroxyl groups excluding tert-OH is 1. The molecule has 0 bridgehead atoms. The van der Waals surface area contributed by atoms with Gasteiger partial charge in [-0.15, -0.1) is 10.2 Å². The monoisotopic (exact) mass is 293 g/mol. The highest BCUT2D eigenvalue weighted by molar-refractivity contribution is 8.02. The molecule has 7 heteroatoms. The summed E-state index contributed by atoms with van der Waals surface area (Å²) in [6.07, 6.45) is 1.65. The second-order valence-electron chi connectivity index (χ2n) is 4.05. The minimum absolute atomic E-state index is 0.333. The van der Waals surface area contributed by atoms with E-state index in [4.69, 9.17) is 0 Å². The number of rotatable bonds is 8. The van der Waals surface area contributed by atoms with Crippen LogP contribution in [0.3, 0.4) is 0 Å². The highest BCUT2D eigenvalue weighted by Gasteiger charge is 2.08. The van der Waals surface area contributed by atoms with E-state index in [0.717, 1.165) is 15.2 Å². The first-order valence-corrected chi connectivity index (χ1v) is 8.53. The maximum absolute atomic E-state index is 9.76. The van der Waals surface area contributed by atoms with Crippen molar-refractivity contribution in [1.29, 1.82) is 0 Å². The van der Waals surface area contributed by atoms with Crippen molar-refractivity contribution < 1.29 is 5.11 Å². The second kappa shape index (κ2) is 8.31.